The quantitative estimate of drug-likeness (QED) is 0.163. The summed E-state index contributed by atoms with van der Waals surface area (Å²) in [5, 5.41) is 19.1. The Balaban J connectivity index is 0.000000990. The number of aryl methyl sites for hydroxylation is 1. The molecule has 2 amide bonds. The fourth-order valence-corrected chi connectivity index (χ4v) is 4.28. The lowest BCUT2D eigenvalue weighted by molar-refractivity contribution is -0.144. The third-order valence-electron chi connectivity index (χ3n) is 7.04. The molecule has 238 valence electrons. The molecule has 0 saturated carbocycles. The van der Waals surface area contributed by atoms with E-state index in [4.69, 9.17) is 4.74 Å². The van der Waals surface area contributed by atoms with E-state index in [0.29, 0.717) is 31.7 Å². The average Bonchev–Trinajstić information content (AvgIpc) is 2.99. The minimum atomic E-state index is -1.35. The fourth-order valence-electron chi connectivity index (χ4n) is 4.28. The molecular formula is C34H52N4O5. The number of amides is 2. The summed E-state index contributed by atoms with van der Waals surface area (Å²) in [5.74, 6) is 0.388. The van der Waals surface area contributed by atoms with Crippen LogP contribution in [0.4, 0.5) is 0 Å². The molecule has 2 rings (SSSR count). The van der Waals surface area contributed by atoms with E-state index >= 15 is 0 Å². The summed E-state index contributed by atoms with van der Waals surface area (Å²) in [7, 11) is 3.26. The van der Waals surface area contributed by atoms with Crippen molar-refractivity contribution >= 4 is 24.2 Å². The van der Waals surface area contributed by atoms with E-state index in [1.54, 1.807) is 7.05 Å². The smallest absolute Gasteiger partial charge is 0.240 e. The molecule has 0 bridgehead atoms. The number of nitrogens with zero attached hydrogens (tertiary/aromatic N) is 1. The van der Waals surface area contributed by atoms with Crippen LogP contribution >= 0.6 is 0 Å². The van der Waals surface area contributed by atoms with Gasteiger partial charge >= 0.3 is 0 Å². The summed E-state index contributed by atoms with van der Waals surface area (Å²) < 4.78 is 5.95. The Morgan fingerprint density at radius 1 is 1.07 bits per heavy atom. The number of aliphatic hydroxyl groups is 1. The SMILES string of the molecule is CCC(C)C(NCCOc1ccccc1/C=C/CNC(=O)CNC)C(=O)N(C)C(C=O)C(C)(C)O.CCc1ccccc1. The first-order valence-electron chi connectivity index (χ1n) is 15.0. The molecule has 0 heterocycles. The molecule has 0 aromatic heterocycles. The zero-order valence-corrected chi connectivity index (χ0v) is 26.9. The fraction of sp³-hybridized carbons (Fsp3) is 0.500. The van der Waals surface area contributed by atoms with Crippen molar-refractivity contribution in [3.8, 4) is 5.75 Å². The second-order valence-electron chi connectivity index (χ2n) is 11.0. The maximum Gasteiger partial charge on any atom is 0.240 e. The molecule has 4 N–H and O–H groups in total. The number of hydrogen-bond acceptors (Lipinski definition) is 7. The molecule has 0 aliphatic carbocycles. The maximum absolute atomic E-state index is 13.2. The summed E-state index contributed by atoms with van der Waals surface area (Å²) in [5.41, 5.74) is 0.943. The first-order valence-corrected chi connectivity index (χ1v) is 15.0. The minimum Gasteiger partial charge on any atom is -0.492 e. The van der Waals surface area contributed by atoms with Crippen LogP contribution in [0.15, 0.2) is 60.7 Å². The number of likely N-dealkylation sites (N-methyl/N-ethyl adjacent to an activating group) is 2. The number of carbonyl (C=O) groups is 3. The van der Waals surface area contributed by atoms with E-state index in [0.717, 1.165) is 18.4 Å². The lowest BCUT2D eigenvalue weighted by atomic mass is 9.94. The highest BCUT2D eigenvalue weighted by Crippen LogP contribution is 2.20. The zero-order chi connectivity index (χ0) is 32.3. The highest BCUT2D eigenvalue weighted by Gasteiger charge is 2.36. The van der Waals surface area contributed by atoms with Crippen molar-refractivity contribution in [2.24, 2.45) is 5.92 Å². The molecule has 0 radical (unpaired) electrons. The third kappa shape index (κ3) is 14.0. The van der Waals surface area contributed by atoms with E-state index in [-0.39, 0.29) is 24.3 Å². The van der Waals surface area contributed by atoms with Gasteiger partial charge in [-0.15, -0.1) is 0 Å². The van der Waals surface area contributed by atoms with E-state index < -0.39 is 17.7 Å². The lowest BCUT2D eigenvalue weighted by Crippen LogP contribution is -2.57. The standard InChI is InChI=1S/C26H42N4O5.C8H10/c1-7-19(2)24(25(33)30(6)22(18-31)26(3,4)34)29-15-16-35-21-13-9-8-11-20(21)12-10-14-28-23(32)17-27-5;1-2-8-6-4-3-5-7-8/h8-13,18-19,22,24,27,29,34H,7,14-17H2,1-6H3,(H,28,32);3-7H,2H2,1H3/b12-10+;. The largest absolute Gasteiger partial charge is 0.492 e. The van der Waals surface area contributed by atoms with Crippen LogP contribution in [-0.2, 0) is 20.8 Å². The molecule has 2 aromatic rings. The van der Waals surface area contributed by atoms with E-state index in [2.05, 4.69) is 47.1 Å². The van der Waals surface area contributed by atoms with Crippen LogP contribution in [0.1, 0.15) is 52.2 Å². The topological polar surface area (TPSA) is 120 Å². The maximum atomic E-state index is 13.2. The van der Waals surface area contributed by atoms with Crippen LogP contribution in [0.5, 0.6) is 5.75 Å². The van der Waals surface area contributed by atoms with Crippen LogP contribution in [-0.4, -0.2) is 86.1 Å². The second-order valence-corrected chi connectivity index (χ2v) is 11.0. The van der Waals surface area contributed by atoms with Crippen LogP contribution < -0.4 is 20.7 Å². The van der Waals surface area contributed by atoms with Gasteiger partial charge in [0, 0.05) is 25.7 Å². The second kappa shape index (κ2) is 20.4. The van der Waals surface area contributed by atoms with Crippen molar-refractivity contribution in [3.05, 3.63) is 71.8 Å². The van der Waals surface area contributed by atoms with Crippen molar-refractivity contribution in [1.29, 1.82) is 0 Å². The molecule has 0 saturated heterocycles. The van der Waals surface area contributed by atoms with E-state index in [1.807, 2.05) is 56.3 Å². The zero-order valence-electron chi connectivity index (χ0n) is 26.9. The number of benzene rings is 2. The summed E-state index contributed by atoms with van der Waals surface area (Å²) in [6, 6.07) is 16.6. The van der Waals surface area contributed by atoms with Gasteiger partial charge in [-0.1, -0.05) is 87.9 Å². The number of para-hydroxylation sites is 1. The van der Waals surface area contributed by atoms with Gasteiger partial charge in [0.1, 0.15) is 24.7 Å². The number of aldehydes is 1. The van der Waals surface area contributed by atoms with Crippen molar-refractivity contribution < 1.29 is 24.2 Å². The molecule has 0 fully saturated rings. The summed E-state index contributed by atoms with van der Waals surface area (Å²) in [6.07, 6.45) is 6.25. The highest BCUT2D eigenvalue weighted by molar-refractivity contribution is 5.85. The van der Waals surface area contributed by atoms with Crippen molar-refractivity contribution in [1.82, 2.24) is 20.9 Å². The predicted molar refractivity (Wildman–Crippen MR) is 174 cm³/mol. The number of rotatable bonds is 17. The van der Waals surface area contributed by atoms with Gasteiger partial charge in [0.2, 0.25) is 11.8 Å². The molecule has 0 spiro atoms. The van der Waals surface area contributed by atoms with Gasteiger partial charge < -0.3 is 35.5 Å². The molecule has 0 aliphatic rings. The Labute approximate surface area is 258 Å². The lowest BCUT2D eigenvalue weighted by Gasteiger charge is -2.36. The predicted octanol–water partition coefficient (Wildman–Crippen LogP) is 3.46. The normalized spacial score (nSPS) is 13.3. The van der Waals surface area contributed by atoms with Crippen molar-refractivity contribution in [2.45, 2.75) is 65.1 Å². The molecule has 9 heteroatoms. The Morgan fingerprint density at radius 2 is 1.72 bits per heavy atom. The highest BCUT2D eigenvalue weighted by atomic mass is 16.5. The molecule has 43 heavy (non-hydrogen) atoms. The summed E-state index contributed by atoms with van der Waals surface area (Å²) >= 11 is 0. The summed E-state index contributed by atoms with van der Waals surface area (Å²) in [4.78, 5) is 37.5. The number of carbonyl (C=O) groups excluding carboxylic acids is 3. The Kier molecular flexibility index (Phi) is 17.8. The van der Waals surface area contributed by atoms with Crippen molar-refractivity contribution in [3.63, 3.8) is 0 Å². The van der Waals surface area contributed by atoms with Crippen molar-refractivity contribution in [2.75, 3.05) is 40.3 Å². The molecule has 3 unspecified atom stereocenters. The van der Waals surface area contributed by atoms with E-state index in [9.17, 15) is 19.5 Å². The number of hydrogen-bond donors (Lipinski definition) is 4. The monoisotopic (exact) mass is 596 g/mol. The minimum absolute atomic E-state index is 0.0207. The number of ether oxygens (including phenoxy) is 1. The van der Waals surface area contributed by atoms with Gasteiger partial charge in [-0.25, -0.2) is 0 Å². The van der Waals surface area contributed by atoms with Gasteiger partial charge in [-0.05, 0) is 44.9 Å². The third-order valence-corrected chi connectivity index (χ3v) is 7.04. The van der Waals surface area contributed by atoms with Gasteiger partial charge in [-0.2, -0.15) is 0 Å². The first-order chi connectivity index (χ1) is 20.5. The Morgan fingerprint density at radius 3 is 2.28 bits per heavy atom. The van der Waals surface area contributed by atoms with Crippen LogP contribution in [0.2, 0.25) is 0 Å². The molecule has 9 nitrogen and oxygen atoms in total. The first kappa shape index (κ1) is 37.5. The molecule has 0 aliphatic heterocycles. The molecule has 3 atom stereocenters. The molecular weight excluding hydrogens is 544 g/mol. The van der Waals surface area contributed by atoms with Gasteiger partial charge in [0.25, 0.3) is 0 Å². The van der Waals surface area contributed by atoms with Crippen LogP contribution in [0.3, 0.4) is 0 Å². The summed E-state index contributed by atoms with van der Waals surface area (Å²) in [6.45, 7) is 10.6. The Bertz CT molecular complexity index is 1120. The molecule has 2 aromatic carbocycles. The van der Waals surface area contributed by atoms with Crippen LogP contribution in [0.25, 0.3) is 6.08 Å². The van der Waals surface area contributed by atoms with Crippen LogP contribution in [0, 0.1) is 5.92 Å². The van der Waals surface area contributed by atoms with E-state index in [1.165, 1.54) is 31.4 Å². The average molecular weight is 597 g/mol. The number of nitrogens with one attached hydrogen (secondary N) is 3. The van der Waals surface area contributed by atoms with Gasteiger partial charge in [0.05, 0.1) is 18.2 Å². The van der Waals surface area contributed by atoms with Gasteiger partial charge in [0.15, 0.2) is 0 Å². The van der Waals surface area contributed by atoms with Gasteiger partial charge in [-0.3, -0.25) is 9.59 Å². The Hall–Kier alpha value is -3.53.